The molecule has 0 bridgehead atoms. The molecule has 0 amide bonds. The lowest BCUT2D eigenvalue weighted by atomic mass is 9.85. The summed E-state index contributed by atoms with van der Waals surface area (Å²) >= 11 is 0. The van der Waals surface area contributed by atoms with Crippen LogP contribution >= 0.6 is 0 Å². The Labute approximate surface area is 240 Å². The summed E-state index contributed by atoms with van der Waals surface area (Å²) in [5.74, 6) is -1.01. The van der Waals surface area contributed by atoms with Crippen molar-refractivity contribution >= 4 is 5.97 Å². The van der Waals surface area contributed by atoms with Crippen molar-refractivity contribution in [2.45, 2.75) is 95.5 Å². The number of carbonyl (C=O) groups is 1. The number of azide groups is 1. The molecule has 2 heterocycles. The van der Waals surface area contributed by atoms with E-state index in [1.165, 1.54) is 7.11 Å². The van der Waals surface area contributed by atoms with E-state index in [0.717, 1.165) is 11.1 Å². The van der Waals surface area contributed by atoms with Gasteiger partial charge in [0, 0.05) is 4.91 Å². The van der Waals surface area contributed by atoms with Gasteiger partial charge in [-0.25, -0.2) is 4.79 Å². The van der Waals surface area contributed by atoms with E-state index in [-0.39, 0.29) is 31.3 Å². The number of carbonyl (C=O) groups excluding carboxylic acids is 1. The first-order valence-corrected chi connectivity index (χ1v) is 13.9. The molecule has 2 aromatic carbocycles. The zero-order chi connectivity index (χ0) is 29.4. The van der Waals surface area contributed by atoms with E-state index in [2.05, 4.69) is 10.0 Å². The third kappa shape index (κ3) is 7.44. The van der Waals surface area contributed by atoms with E-state index >= 15 is 0 Å². The van der Waals surface area contributed by atoms with Gasteiger partial charge in [0.1, 0.15) is 18.3 Å². The number of nitrogens with zero attached hydrogens (tertiary/aromatic N) is 3. The number of rotatable bonds is 11. The van der Waals surface area contributed by atoms with Gasteiger partial charge in [-0.15, -0.1) is 0 Å². The van der Waals surface area contributed by atoms with Gasteiger partial charge in [-0.3, -0.25) is 0 Å². The van der Waals surface area contributed by atoms with Gasteiger partial charge in [0.15, 0.2) is 12.4 Å². The van der Waals surface area contributed by atoms with E-state index < -0.39 is 48.8 Å². The molecule has 2 aromatic rings. The standard InChI is InChI=1S/C30H39N3O8/c1-5-22-25(18(2)23(32-33-31)19(3)39-22)40-30-28(38-17-21-14-10-7-11-15-21)26(24(34)27(41-30)29(35)36-4)37-16-20-12-8-6-9-13-20/h6-15,18-19,22-28,30,34H,5,16-17H2,1-4H3/t18-,19+,22?,23?,24-,25-,26+,27?,28?,30-/m1/s1. The Morgan fingerprint density at radius 3 is 2.07 bits per heavy atom. The number of aliphatic hydroxyl groups excluding tert-OH is 1. The third-order valence-corrected chi connectivity index (χ3v) is 7.70. The molecular formula is C30H39N3O8. The molecular weight excluding hydrogens is 530 g/mol. The maximum atomic E-state index is 12.7. The highest BCUT2D eigenvalue weighted by Gasteiger charge is 2.53. The molecule has 1 N–H and O–H groups in total. The maximum absolute atomic E-state index is 12.7. The molecule has 41 heavy (non-hydrogen) atoms. The SMILES string of the molecule is CCC1O[C@@H](C)C(N=[N+]=[N-])[C@@H](C)[C@H]1O[C@@H]1OC(C(=O)OC)[C@H](O)[C@H](OCc2ccccc2)C1OCc1ccccc1. The van der Waals surface area contributed by atoms with Crippen molar-refractivity contribution in [2.24, 2.45) is 11.0 Å². The Balaban J connectivity index is 1.66. The number of ether oxygens (including phenoxy) is 6. The van der Waals surface area contributed by atoms with Crippen molar-refractivity contribution in [3.63, 3.8) is 0 Å². The van der Waals surface area contributed by atoms with Crippen LogP contribution in [0.3, 0.4) is 0 Å². The van der Waals surface area contributed by atoms with Crippen molar-refractivity contribution < 1.29 is 38.3 Å². The second-order valence-corrected chi connectivity index (χ2v) is 10.4. The minimum Gasteiger partial charge on any atom is -0.467 e. The van der Waals surface area contributed by atoms with Crippen molar-refractivity contribution in [3.05, 3.63) is 82.2 Å². The first-order chi connectivity index (χ1) is 19.9. The molecule has 10 atom stereocenters. The van der Waals surface area contributed by atoms with Crippen LogP contribution in [0.15, 0.2) is 65.8 Å². The fourth-order valence-corrected chi connectivity index (χ4v) is 5.49. The van der Waals surface area contributed by atoms with E-state index in [9.17, 15) is 9.90 Å². The highest BCUT2D eigenvalue weighted by Crippen LogP contribution is 2.36. The second-order valence-electron chi connectivity index (χ2n) is 10.4. The quantitative estimate of drug-likeness (QED) is 0.183. The first-order valence-electron chi connectivity index (χ1n) is 13.9. The number of aliphatic hydroxyl groups is 1. The summed E-state index contributed by atoms with van der Waals surface area (Å²) < 4.78 is 36.4. The van der Waals surface area contributed by atoms with Crippen LogP contribution in [0.25, 0.3) is 10.4 Å². The van der Waals surface area contributed by atoms with Crippen molar-refractivity contribution in [2.75, 3.05) is 7.11 Å². The van der Waals surface area contributed by atoms with E-state index in [1.807, 2.05) is 81.4 Å². The Hall–Kier alpha value is -3.02. The molecule has 0 aliphatic carbocycles. The van der Waals surface area contributed by atoms with Gasteiger partial charge in [-0.2, -0.15) is 0 Å². The van der Waals surface area contributed by atoms with Gasteiger partial charge >= 0.3 is 5.97 Å². The lowest BCUT2D eigenvalue weighted by Crippen LogP contribution is -2.64. The number of hydrogen-bond acceptors (Lipinski definition) is 9. The van der Waals surface area contributed by atoms with Gasteiger partial charge in [-0.05, 0) is 35.9 Å². The molecule has 0 radical (unpaired) electrons. The normalized spacial score (nSPS) is 33.5. The smallest absolute Gasteiger partial charge is 0.337 e. The zero-order valence-electron chi connectivity index (χ0n) is 23.8. The number of esters is 1. The molecule has 222 valence electrons. The molecule has 2 aliphatic heterocycles. The van der Waals surface area contributed by atoms with Crippen LogP contribution in [0.1, 0.15) is 38.3 Å². The molecule has 0 spiro atoms. The molecule has 2 fully saturated rings. The Morgan fingerprint density at radius 2 is 1.54 bits per heavy atom. The molecule has 4 unspecified atom stereocenters. The summed E-state index contributed by atoms with van der Waals surface area (Å²) in [5.41, 5.74) is 10.9. The molecule has 2 saturated heterocycles. The van der Waals surface area contributed by atoms with Crippen LogP contribution in [0.4, 0.5) is 0 Å². The van der Waals surface area contributed by atoms with Crippen molar-refractivity contribution in [1.82, 2.24) is 0 Å². The lowest BCUT2D eigenvalue weighted by molar-refractivity contribution is -0.337. The minimum absolute atomic E-state index is 0.158. The second kappa shape index (κ2) is 14.7. The van der Waals surface area contributed by atoms with Crippen LogP contribution in [-0.2, 0) is 46.4 Å². The summed E-state index contributed by atoms with van der Waals surface area (Å²) in [6.07, 6.45) is -6.45. The molecule has 0 aromatic heterocycles. The number of methoxy groups -OCH3 is 1. The summed E-state index contributed by atoms with van der Waals surface area (Å²) in [7, 11) is 1.22. The fourth-order valence-electron chi connectivity index (χ4n) is 5.49. The van der Waals surface area contributed by atoms with Gasteiger partial charge < -0.3 is 33.5 Å². The Bertz CT molecular complexity index is 1150. The maximum Gasteiger partial charge on any atom is 0.337 e. The summed E-state index contributed by atoms with van der Waals surface area (Å²) in [4.78, 5) is 15.8. The molecule has 2 aliphatic rings. The number of hydrogen-bond donors (Lipinski definition) is 1. The topological polar surface area (TPSA) is 141 Å². The summed E-state index contributed by atoms with van der Waals surface area (Å²) in [6.45, 7) is 6.12. The largest absolute Gasteiger partial charge is 0.467 e. The predicted molar refractivity (Wildman–Crippen MR) is 148 cm³/mol. The minimum atomic E-state index is -1.40. The van der Waals surface area contributed by atoms with Crippen molar-refractivity contribution in [1.29, 1.82) is 0 Å². The van der Waals surface area contributed by atoms with Gasteiger partial charge in [0.2, 0.25) is 0 Å². The average Bonchev–Trinajstić information content (AvgIpc) is 3.00. The Morgan fingerprint density at radius 1 is 0.951 bits per heavy atom. The van der Waals surface area contributed by atoms with Gasteiger partial charge in [-0.1, -0.05) is 79.6 Å². The molecule has 11 nitrogen and oxygen atoms in total. The van der Waals surface area contributed by atoms with E-state index in [1.54, 1.807) is 0 Å². The lowest BCUT2D eigenvalue weighted by Gasteiger charge is -2.48. The van der Waals surface area contributed by atoms with Gasteiger partial charge in [0.05, 0.1) is 44.7 Å². The highest BCUT2D eigenvalue weighted by molar-refractivity contribution is 5.75. The van der Waals surface area contributed by atoms with Crippen LogP contribution in [-0.4, -0.2) is 73.2 Å². The number of benzene rings is 2. The highest BCUT2D eigenvalue weighted by atomic mass is 16.7. The van der Waals surface area contributed by atoms with Crippen LogP contribution in [0.2, 0.25) is 0 Å². The summed E-state index contributed by atoms with van der Waals surface area (Å²) in [5, 5.41) is 15.3. The molecule has 4 rings (SSSR count). The Kier molecular flexibility index (Phi) is 11.1. The van der Waals surface area contributed by atoms with Crippen LogP contribution in [0, 0.1) is 5.92 Å². The predicted octanol–water partition coefficient (Wildman–Crippen LogP) is 4.31. The third-order valence-electron chi connectivity index (χ3n) is 7.70. The fraction of sp³-hybridized carbons (Fsp3) is 0.567. The summed E-state index contributed by atoms with van der Waals surface area (Å²) in [6, 6.07) is 18.6. The van der Waals surface area contributed by atoms with Crippen LogP contribution in [0.5, 0.6) is 0 Å². The molecule has 11 heteroatoms. The van der Waals surface area contributed by atoms with E-state index in [4.69, 9.17) is 34.0 Å². The molecule has 0 saturated carbocycles. The van der Waals surface area contributed by atoms with Crippen LogP contribution < -0.4 is 0 Å². The zero-order valence-corrected chi connectivity index (χ0v) is 23.8. The van der Waals surface area contributed by atoms with Gasteiger partial charge in [0.25, 0.3) is 0 Å². The monoisotopic (exact) mass is 569 g/mol. The van der Waals surface area contributed by atoms with E-state index in [0.29, 0.717) is 6.42 Å². The first kappa shape index (κ1) is 30.9. The van der Waals surface area contributed by atoms with Crippen molar-refractivity contribution in [3.8, 4) is 0 Å². The average molecular weight is 570 g/mol.